The predicted octanol–water partition coefficient (Wildman–Crippen LogP) is 3.89. The van der Waals surface area contributed by atoms with Crippen molar-refractivity contribution in [1.29, 1.82) is 0 Å². The summed E-state index contributed by atoms with van der Waals surface area (Å²) in [6, 6.07) is 4.58. The average molecular weight is 406 g/mol. The first-order chi connectivity index (χ1) is 13.7. The van der Waals surface area contributed by atoms with Crippen molar-refractivity contribution in [2.45, 2.75) is 39.7 Å². The predicted molar refractivity (Wildman–Crippen MR) is 112 cm³/mol. The van der Waals surface area contributed by atoms with Gasteiger partial charge in [0.1, 0.15) is 17.7 Å². The molecule has 1 aromatic carbocycles. The molecule has 1 aromatic rings. The van der Waals surface area contributed by atoms with Gasteiger partial charge in [0.05, 0.1) is 6.54 Å². The van der Waals surface area contributed by atoms with E-state index >= 15 is 0 Å². The lowest BCUT2D eigenvalue weighted by atomic mass is 9.89. The largest absolute Gasteiger partial charge is 0.444 e. The van der Waals surface area contributed by atoms with E-state index in [4.69, 9.17) is 4.74 Å². The quantitative estimate of drug-likeness (QED) is 0.713. The lowest BCUT2D eigenvalue weighted by Gasteiger charge is -2.39. The Morgan fingerprint density at radius 2 is 1.97 bits per heavy atom. The van der Waals surface area contributed by atoms with Gasteiger partial charge in [-0.25, -0.2) is 9.18 Å². The zero-order chi connectivity index (χ0) is 21.6. The number of methoxy groups -OCH3 is 1. The molecule has 29 heavy (non-hydrogen) atoms. The van der Waals surface area contributed by atoms with Crippen molar-refractivity contribution in [2.75, 3.05) is 44.8 Å². The standard InChI is InChI=1S/C19H23FN2O3.C3H8O/c1-19(2,3)25-18(24)22-7-6-13-11-21(8-9-23)17-5-4-14(20)10-15(17)16(13)12-22;1-3-4-2/h4-5,9-10H,6-8,11-12H2,1-3H3;3H2,1-2H3. The molecular formula is C22H31FN2O4. The number of carbonyl (C=O) groups is 2. The number of anilines is 1. The van der Waals surface area contributed by atoms with E-state index in [1.807, 2.05) is 32.6 Å². The van der Waals surface area contributed by atoms with Crippen LogP contribution < -0.4 is 4.90 Å². The summed E-state index contributed by atoms with van der Waals surface area (Å²) >= 11 is 0. The van der Waals surface area contributed by atoms with E-state index < -0.39 is 5.60 Å². The summed E-state index contributed by atoms with van der Waals surface area (Å²) < 4.78 is 23.8. The molecule has 1 amide bonds. The molecule has 160 valence electrons. The smallest absolute Gasteiger partial charge is 0.410 e. The fourth-order valence-electron chi connectivity index (χ4n) is 3.33. The van der Waals surface area contributed by atoms with E-state index in [-0.39, 0.29) is 18.5 Å². The van der Waals surface area contributed by atoms with E-state index in [1.54, 1.807) is 18.1 Å². The molecule has 0 radical (unpaired) electrons. The SMILES string of the molecule is CC(C)(C)OC(=O)N1CCC2=C(C1)c1cc(F)ccc1N(CC=O)C2.CCOC. The molecule has 0 unspecified atom stereocenters. The number of hydrogen-bond donors (Lipinski definition) is 0. The maximum absolute atomic E-state index is 13.8. The van der Waals surface area contributed by atoms with E-state index in [9.17, 15) is 14.0 Å². The van der Waals surface area contributed by atoms with Crippen LogP contribution in [0.1, 0.15) is 39.7 Å². The number of rotatable bonds is 3. The van der Waals surface area contributed by atoms with E-state index in [0.29, 0.717) is 26.1 Å². The number of amides is 1. The average Bonchev–Trinajstić information content (AvgIpc) is 2.66. The number of nitrogens with zero attached hydrogens (tertiary/aromatic N) is 2. The van der Waals surface area contributed by atoms with Gasteiger partial charge in [0, 0.05) is 44.6 Å². The zero-order valence-electron chi connectivity index (χ0n) is 18.0. The van der Waals surface area contributed by atoms with Crippen LogP contribution in [0.5, 0.6) is 0 Å². The molecule has 0 atom stereocenters. The maximum Gasteiger partial charge on any atom is 0.410 e. The van der Waals surface area contributed by atoms with Crippen molar-refractivity contribution >= 4 is 23.6 Å². The van der Waals surface area contributed by atoms with Crippen LogP contribution >= 0.6 is 0 Å². The van der Waals surface area contributed by atoms with Gasteiger partial charge in [0.2, 0.25) is 0 Å². The molecule has 2 aliphatic rings. The van der Waals surface area contributed by atoms with Gasteiger partial charge in [-0.1, -0.05) is 0 Å². The van der Waals surface area contributed by atoms with E-state index in [2.05, 4.69) is 4.74 Å². The van der Waals surface area contributed by atoms with Crippen molar-refractivity contribution in [2.24, 2.45) is 0 Å². The first-order valence-electron chi connectivity index (χ1n) is 9.86. The summed E-state index contributed by atoms with van der Waals surface area (Å²) in [5.41, 5.74) is 3.16. The number of benzene rings is 1. The molecule has 0 aromatic heterocycles. The van der Waals surface area contributed by atoms with Gasteiger partial charge in [0.15, 0.2) is 0 Å². The van der Waals surface area contributed by atoms with Crippen LogP contribution in [0.4, 0.5) is 14.9 Å². The molecule has 0 aliphatic carbocycles. The molecule has 0 N–H and O–H groups in total. The third-order valence-corrected chi connectivity index (χ3v) is 4.70. The minimum atomic E-state index is -0.552. The van der Waals surface area contributed by atoms with Gasteiger partial charge in [-0.2, -0.15) is 0 Å². The lowest BCUT2D eigenvalue weighted by Crippen LogP contribution is -2.43. The van der Waals surface area contributed by atoms with Crippen LogP contribution in [0.25, 0.3) is 5.57 Å². The molecule has 0 fully saturated rings. The minimum absolute atomic E-state index is 0.269. The number of aldehydes is 1. The maximum atomic E-state index is 13.8. The van der Waals surface area contributed by atoms with Crippen molar-refractivity contribution in [3.8, 4) is 0 Å². The Kier molecular flexibility index (Phi) is 7.79. The fourth-order valence-corrected chi connectivity index (χ4v) is 3.33. The summed E-state index contributed by atoms with van der Waals surface area (Å²) in [7, 11) is 1.68. The molecule has 2 aliphatic heterocycles. The van der Waals surface area contributed by atoms with Gasteiger partial charge >= 0.3 is 6.09 Å². The second-order valence-electron chi connectivity index (χ2n) is 8.02. The number of ether oxygens (including phenoxy) is 2. The Balaban J connectivity index is 0.000000687. The van der Waals surface area contributed by atoms with Crippen LogP contribution in [0, 0.1) is 5.82 Å². The van der Waals surface area contributed by atoms with Crippen LogP contribution in [-0.4, -0.2) is 62.8 Å². The van der Waals surface area contributed by atoms with Crippen LogP contribution in [-0.2, 0) is 14.3 Å². The molecule has 2 heterocycles. The highest BCUT2D eigenvalue weighted by Crippen LogP contribution is 2.38. The Morgan fingerprint density at radius 3 is 2.55 bits per heavy atom. The zero-order valence-corrected chi connectivity index (χ0v) is 18.0. The second kappa shape index (κ2) is 9.87. The fraction of sp³-hybridized carbons (Fsp3) is 0.545. The Labute approximate surface area is 172 Å². The molecule has 0 spiro atoms. The van der Waals surface area contributed by atoms with Crippen molar-refractivity contribution in [3.05, 3.63) is 35.2 Å². The first kappa shape index (κ1) is 22.9. The van der Waals surface area contributed by atoms with E-state index in [1.165, 1.54) is 12.1 Å². The highest BCUT2D eigenvalue weighted by Gasteiger charge is 2.32. The van der Waals surface area contributed by atoms with Crippen molar-refractivity contribution < 1.29 is 23.5 Å². The molecule has 3 rings (SSSR count). The third-order valence-electron chi connectivity index (χ3n) is 4.70. The second-order valence-corrected chi connectivity index (χ2v) is 8.02. The van der Waals surface area contributed by atoms with Gasteiger partial charge < -0.3 is 24.1 Å². The summed E-state index contributed by atoms with van der Waals surface area (Å²) in [6.45, 7) is 10.1. The summed E-state index contributed by atoms with van der Waals surface area (Å²) in [5, 5.41) is 0. The minimum Gasteiger partial charge on any atom is -0.444 e. The molecule has 0 bridgehead atoms. The topological polar surface area (TPSA) is 59.1 Å². The van der Waals surface area contributed by atoms with Gasteiger partial charge in [-0.15, -0.1) is 0 Å². The van der Waals surface area contributed by atoms with Gasteiger partial charge in [0.25, 0.3) is 0 Å². The Hall–Kier alpha value is -2.41. The van der Waals surface area contributed by atoms with Crippen LogP contribution in [0.3, 0.4) is 0 Å². The Morgan fingerprint density at radius 1 is 1.28 bits per heavy atom. The molecule has 6 nitrogen and oxygen atoms in total. The summed E-state index contributed by atoms with van der Waals surface area (Å²) in [6.07, 6.45) is 1.20. The van der Waals surface area contributed by atoms with Crippen LogP contribution in [0.2, 0.25) is 0 Å². The molecule has 0 saturated heterocycles. The number of halogens is 1. The lowest BCUT2D eigenvalue weighted by molar-refractivity contribution is -0.106. The van der Waals surface area contributed by atoms with Gasteiger partial charge in [-0.3, -0.25) is 0 Å². The molecule has 7 heteroatoms. The summed E-state index contributed by atoms with van der Waals surface area (Å²) in [4.78, 5) is 27.0. The third kappa shape index (κ3) is 6.03. The number of hydrogen-bond acceptors (Lipinski definition) is 5. The molecular weight excluding hydrogens is 375 g/mol. The van der Waals surface area contributed by atoms with Crippen molar-refractivity contribution in [1.82, 2.24) is 4.90 Å². The van der Waals surface area contributed by atoms with Crippen LogP contribution in [0.15, 0.2) is 23.8 Å². The van der Waals surface area contributed by atoms with E-state index in [0.717, 1.165) is 35.3 Å². The van der Waals surface area contributed by atoms with Crippen molar-refractivity contribution in [3.63, 3.8) is 0 Å². The highest BCUT2D eigenvalue weighted by atomic mass is 19.1. The monoisotopic (exact) mass is 406 g/mol. The highest BCUT2D eigenvalue weighted by molar-refractivity contribution is 5.86. The normalized spacial score (nSPS) is 15.8. The Bertz CT molecular complexity index is 769. The summed E-state index contributed by atoms with van der Waals surface area (Å²) in [5.74, 6) is -0.326. The number of fused-ring (bicyclic) bond motifs is 2. The number of carbonyl (C=O) groups excluding carboxylic acids is 2. The van der Waals surface area contributed by atoms with Gasteiger partial charge in [-0.05, 0) is 63.5 Å². The molecule has 0 saturated carbocycles. The first-order valence-corrected chi connectivity index (χ1v) is 9.86.